The first-order valence-corrected chi connectivity index (χ1v) is 8.57. The van der Waals surface area contributed by atoms with E-state index < -0.39 is 10.0 Å². The van der Waals surface area contributed by atoms with E-state index in [0.29, 0.717) is 19.7 Å². The Labute approximate surface area is 133 Å². The Bertz CT molecular complexity index is 719. The molecule has 3 nitrogen and oxygen atoms in total. The van der Waals surface area contributed by atoms with E-state index in [4.69, 9.17) is 11.6 Å². The van der Waals surface area contributed by atoms with Crippen LogP contribution in [-0.2, 0) is 10.0 Å². The average Bonchev–Trinajstić information content (AvgIpc) is 2.31. The van der Waals surface area contributed by atoms with Crippen LogP contribution < -0.4 is 4.72 Å². The van der Waals surface area contributed by atoms with Gasteiger partial charge in [-0.05, 0) is 52.3 Å². The zero-order valence-electron chi connectivity index (χ0n) is 9.40. The Morgan fingerprint density at radius 1 is 1.05 bits per heavy atom. The summed E-state index contributed by atoms with van der Waals surface area (Å²) in [5.41, 5.74) is 0.416. The van der Waals surface area contributed by atoms with Gasteiger partial charge in [-0.25, -0.2) is 8.42 Å². The minimum absolute atomic E-state index is 0.154. The van der Waals surface area contributed by atoms with Crippen LogP contribution in [0.4, 0.5) is 5.69 Å². The van der Waals surface area contributed by atoms with Crippen molar-refractivity contribution in [2.24, 2.45) is 0 Å². The molecule has 0 bridgehead atoms. The first-order valence-electron chi connectivity index (χ1n) is 5.12. The largest absolute Gasteiger partial charge is 0.280 e. The standard InChI is InChI=1S/C12H8Br2ClNO2S/c13-8-4-5-11(14)12(6-8)19(17,18)16-10-3-1-2-9(15)7-10/h1-7,16H. The molecule has 0 aliphatic heterocycles. The molecule has 0 heterocycles. The predicted octanol–water partition coefficient (Wildman–Crippen LogP) is 4.67. The van der Waals surface area contributed by atoms with E-state index in [9.17, 15) is 8.42 Å². The number of benzene rings is 2. The summed E-state index contributed by atoms with van der Waals surface area (Å²) in [6.07, 6.45) is 0. The van der Waals surface area contributed by atoms with Crippen molar-refractivity contribution >= 4 is 59.2 Å². The number of rotatable bonds is 3. The van der Waals surface area contributed by atoms with Crippen molar-refractivity contribution in [1.82, 2.24) is 0 Å². The van der Waals surface area contributed by atoms with Gasteiger partial charge in [-0.1, -0.05) is 33.6 Å². The molecule has 0 radical (unpaired) electrons. The van der Waals surface area contributed by atoms with E-state index in [0.717, 1.165) is 0 Å². The van der Waals surface area contributed by atoms with E-state index >= 15 is 0 Å². The molecule has 19 heavy (non-hydrogen) atoms. The molecule has 0 atom stereocenters. The number of anilines is 1. The lowest BCUT2D eigenvalue weighted by Crippen LogP contribution is -2.13. The number of hydrogen-bond acceptors (Lipinski definition) is 2. The highest BCUT2D eigenvalue weighted by molar-refractivity contribution is 9.11. The second-order valence-corrected chi connectivity index (χ2v) is 7.55. The number of hydrogen-bond donors (Lipinski definition) is 1. The maximum Gasteiger partial charge on any atom is 0.263 e. The fourth-order valence-corrected chi connectivity index (χ4v) is 4.19. The van der Waals surface area contributed by atoms with Crippen LogP contribution in [0.3, 0.4) is 0 Å². The molecule has 0 fully saturated rings. The van der Waals surface area contributed by atoms with E-state index in [2.05, 4.69) is 36.6 Å². The maximum absolute atomic E-state index is 12.3. The fourth-order valence-electron chi connectivity index (χ4n) is 1.45. The Balaban J connectivity index is 2.40. The quantitative estimate of drug-likeness (QED) is 0.777. The molecule has 7 heteroatoms. The molecule has 0 aliphatic carbocycles. The summed E-state index contributed by atoms with van der Waals surface area (Å²) in [7, 11) is -3.67. The van der Waals surface area contributed by atoms with Crippen molar-refractivity contribution in [2.45, 2.75) is 4.90 Å². The highest BCUT2D eigenvalue weighted by Crippen LogP contribution is 2.27. The van der Waals surface area contributed by atoms with E-state index in [-0.39, 0.29) is 4.90 Å². The van der Waals surface area contributed by atoms with Gasteiger partial charge in [0.15, 0.2) is 0 Å². The molecule has 1 N–H and O–H groups in total. The molecule has 0 saturated carbocycles. The number of sulfonamides is 1. The molecular weight excluding hydrogens is 417 g/mol. The Hall–Kier alpha value is -0.560. The van der Waals surface area contributed by atoms with Gasteiger partial charge in [0.05, 0.1) is 5.69 Å². The highest BCUT2D eigenvalue weighted by atomic mass is 79.9. The lowest BCUT2D eigenvalue weighted by molar-refractivity contribution is 0.600. The van der Waals surface area contributed by atoms with Gasteiger partial charge in [0.25, 0.3) is 10.0 Å². The van der Waals surface area contributed by atoms with Crippen LogP contribution >= 0.6 is 43.5 Å². The van der Waals surface area contributed by atoms with Crippen LogP contribution in [0.25, 0.3) is 0 Å². The summed E-state index contributed by atoms with van der Waals surface area (Å²) < 4.78 is 28.2. The third kappa shape index (κ3) is 3.72. The second kappa shape index (κ2) is 5.83. The zero-order chi connectivity index (χ0) is 14.0. The van der Waals surface area contributed by atoms with Gasteiger partial charge in [0.1, 0.15) is 4.90 Å². The Morgan fingerprint density at radius 3 is 2.47 bits per heavy atom. The van der Waals surface area contributed by atoms with Crippen LogP contribution in [0.1, 0.15) is 0 Å². The summed E-state index contributed by atoms with van der Waals surface area (Å²) in [6, 6.07) is 11.5. The minimum atomic E-state index is -3.67. The monoisotopic (exact) mass is 423 g/mol. The molecule has 0 spiro atoms. The van der Waals surface area contributed by atoms with Crippen LogP contribution in [0.2, 0.25) is 5.02 Å². The van der Waals surface area contributed by atoms with Crippen LogP contribution in [0.5, 0.6) is 0 Å². The Kier molecular flexibility index (Phi) is 4.55. The molecule has 2 aromatic carbocycles. The fraction of sp³-hybridized carbons (Fsp3) is 0. The van der Waals surface area contributed by atoms with Crippen molar-refractivity contribution in [3.05, 3.63) is 56.4 Å². The van der Waals surface area contributed by atoms with Crippen molar-refractivity contribution < 1.29 is 8.42 Å². The van der Waals surface area contributed by atoms with Crippen molar-refractivity contribution in [1.29, 1.82) is 0 Å². The second-order valence-electron chi connectivity index (χ2n) is 3.69. The molecule has 2 rings (SSSR count). The smallest absolute Gasteiger partial charge is 0.263 e. The molecule has 0 aromatic heterocycles. The molecule has 0 aliphatic rings. The van der Waals surface area contributed by atoms with Crippen molar-refractivity contribution in [3.8, 4) is 0 Å². The number of nitrogens with one attached hydrogen (secondary N) is 1. The van der Waals surface area contributed by atoms with Crippen LogP contribution in [-0.4, -0.2) is 8.42 Å². The third-order valence-corrected chi connectivity index (χ3v) is 5.36. The molecule has 0 saturated heterocycles. The highest BCUT2D eigenvalue weighted by Gasteiger charge is 2.18. The maximum atomic E-state index is 12.3. The van der Waals surface area contributed by atoms with Gasteiger partial charge in [-0.3, -0.25) is 4.72 Å². The first kappa shape index (κ1) is 14.8. The number of halogens is 3. The summed E-state index contributed by atoms with van der Waals surface area (Å²) in [5, 5.41) is 0.466. The van der Waals surface area contributed by atoms with E-state index in [1.165, 1.54) is 6.07 Å². The topological polar surface area (TPSA) is 46.2 Å². The normalized spacial score (nSPS) is 11.3. The van der Waals surface area contributed by atoms with E-state index in [1.807, 2.05) is 0 Å². The van der Waals surface area contributed by atoms with Crippen LogP contribution in [0, 0.1) is 0 Å². The molecule has 0 unspecified atom stereocenters. The van der Waals surface area contributed by atoms with Crippen LogP contribution in [0.15, 0.2) is 56.3 Å². The Morgan fingerprint density at radius 2 is 1.79 bits per heavy atom. The van der Waals surface area contributed by atoms with Gasteiger partial charge in [0.2, 0.25) is 0 Å². The SMILES string of the molecule is O=S(=O)(Nc1cccc(Cl)c1)c1cc(Br)ccc1Br. The van der Waals surface area contributed by atoms with Gasteiger partial charge in [0, 0.05) is 14.0 Å². The lowest BCUT2D eigenvalue weighted by atomic mass is 10.3. The van der Waals surface area contributed by atoms with Gasteiger partial charge in [-0.2, -0.15) is 0 Å². The zero-order valence-corrected chi connectivity index (χ0v) is 14.1. The van der Waals surface area contributed by atoms with E-state index in [1.54, 1.807) is 36.4 Å². The lowest BCUT2D eigenvalue weighted by Gasteiger charge is -2.10. The van der Waals surface area contributed by atoms with Crippen molar-refractivity contribution in [2.75, 3.05) is 4.72 Å². The van der Waals surface area contributed by atoms with Gasteiger partial charge < -0.3 is 0 Å². The first-order chi connectivity index (χ1) is 8.88. The third-order valence-electron chi connectivity index (χ3n) is 2.26. The molecule has 100 valence electrons. The van der Waals surface area contributed by atoms with Gasteiger partial charge in [-0.15, -0.1) is 0 Å². The molecule has 0 amide bonds. The summed E-state index contributed by atoms with van der Waals surface area (Å²) >= 11 is 12.3. The van der Waals surface area contributed by atoms with Crippen molar-refractivity contribution in [3.63, 3.8) is 0 Å². The summed E-state index contributed by atoms with van der Waals surface area (Å²) in [6.45, 7) is 0. The minimum Gasteiger partial charge on any atom is -0.280 e. The summed E-state index contributed by atoms with van der Waals surface area (Å²) in [5.74, 6) is 0. The molecule has 2 aromatic rings. The van der Waals surface area contributed by atoms with Gasteiger partial charge >= 0.3 is 0 Å². The average molecular weight is 426 g/mol. The molecular formula is C12H8Br2ClNO2S. The predicted molar refractivity (Wildman–Crippen MR) is 84.1 cm³/mol. The summed E-state index contributed by atoms with van der Waals surface area (Å²) in [4.78, 5) is 0.154.